The minimum Gasteiger partial charge on any atom is -0.398 e. The first kappa shape index (κ1) is 12.4. The van der Waals surface area contributed by atoms with Gasteiger partial charge in [-0.05, 0) is 18.1 Å². The smallest absolute Gasteiger partial charge is 0.224 e. The third-order valence-corrected chi connectivity index (χ3v) is 3.04. The monoisotopic (exact) mass is 247 g/mol. The normalized spacial score (nSPS) is 18.4. The van der Waals surface area contributed by atoms with Crippen LogP contribution in [0, 0.1) is 0 Å². The molecule has 18 heavy (non-hydrogen) atoms. The maximum Gasteiger partial charge on any atom is 0.224 e. The molecule has 2 rings (SSSR count). The van der Waals surface area contributed by atoms with E-state index in [0.29, 0.717) is 18.7 Å². The zero-order valence-electron chi connectivity index (χ0n) is 10.1. The van der Waals surface area contributed by atoms with Crippen LogP contribution in [0.2, 0.25) is 0 Å². The number of amides is 2. The van der Waals surface area contributed by atoms with Crippen LogP contribution in [0.25, 0.3) is 0 Å². The number of rotatable bonds is 4. The lowest BCUT2D eigenvalue weighted by molar-refractivity contribution is -0.121. The minimum atomic E-state index is -0.0750. The van der Waals surface area contributed by atoms with Gasteiger partial charge in [-0.25, -0.2) is 0 Å². The average molecular weight is 247 g/mol. The molecule has 0 spiro atoms. The van der Waals surface area contributed by atoms with Gasteiger partial charge in [-0.3, -0.25) is 9.59 Å². The maximum absolute atomic E-state index is 11.7. The Morgan fingerprint density at radius 3 is 2.89 bits per heavy atom. The molecule has 1 aliphatic rings. The highest BCUT2D eigenvalue weighted by atomic mass is 16.2. The molecule has 1 heterocycles. The van der Waals surface area contributed by atoms with Crippen molar-refractivity contribution < 1.29 is 9.59 Å². The number of anilines is 1. The van der Waals surface area contributed by atoms with E-state index in [1.165, 1.54) is 0 Å². The number of nitrogen functional groups attached to an aromatic ring is 1. The highest BCUT2D eigenvalue weighted by molar-refractivity contribution is 5.81. The number of carbonyl (C=O) groups is 2. The molecule has 4 N–H and O–H groups in total. The molecular formula is C13H17N3O2. The number of nitrogens with one attached hydrogen (secondary N) is 2. The number of carbonyl (C=O) groups excluding carboxylic acids is 2. The van der Waals surface area contributed by atoms with Crippen LogP contribution in [-0.4, -0.2) is 24.4 Å². The second-order valence-corrected chi connectivity index (χ2v) is 4.48. The van der Waals surface area contributed by atoms with Crippen molar-refractivity contribution in [1.29, 1.82) is 0 Å². The number of hydrogen-bond donors (Lipinski definition) is 3. The molecule has 0 radical (unpaired) electrons. The van der Waals surface area contributed by atoms with Crippen molar-refractivity contribution in [3.8, 4) is 0 Å². The van der Waals surface area contributed by atoms with Gasteiger partial charge in [0.2, 0.25) is 11.8 Å². The summed E-state index contributed by atoms with van der Waals surface area (Å²) in [7, 11) is 0. The molecule has 1 aliphatic heterocycles. The number of benzene rings is 1. The molecule has 1 atom stereocenters. The minimum absolute atomic E-state index is 0.0570. The standard InChI is InChI=1S/C13H17N3O2/c14-11-4-2-1-3-9(11)7-13(18)15-8-10-5-6-12(17)16-10/h1-4,10H,5-8,14H2,(H,15,18)(H,16,17). The highest BCUT2D eigenvalue weighted by Crippen LogP contribution is 2.11. The number of hydrogen-bond acceptors (Lipinski definition) is 3. The summed E-state index contributed by atoms with van der Waals surface area (Å²) in [6.07, 6.45) is 1.60. The molecule has 0 aliphatic carbocycles. The van der Waals surface area contributed by atoms with Gasteiger partial charge in [-0.15, -0.1) is 0 Å². The van der Waals surface area contributed by atoms with Crippen molar-refractivity contribution >= 4 is 17.5 Å². The summed E-state index contributed by atoms with van der Waals surface area (Å²) in [4.78, 5) is 22.7. The van der Waals surface area contributed by atoms with Crippen LogP contribution in [0.3, 0.4) is 0 Å². The fourth-order valence-electron chi connectivity index (χ4n) is 2.00. The van der Waals surface area contributed by atoms with E-state index in [2.05, 4.69) is 10.6 Å². The SMILES string of the molecule is Nc1ccccc1CC(=O)NCC1CCC(=O)N1. The lowest BCUT2D eigenvalue weighted by Crippen LogP contribution is -2.39. The van der Waals surface area contributed by atoms with Crippen molar-refractivity contribution in [2.45, 2.75) is 25.3 Å². The average Bonchev–Trinajstić information content (AvgIpc) is 2.76. The number of nitrogens with two attached hydrogens (primary N) is 1. The summed E-state index contributed by atoms with van der Waals surface area (Å²) in [5.74, 6) is -0.0180. The van der Waals surface area contributed by atoms with E-state index < -0.39 is 0 Å². The maximum atomic E-state index is 11.7. The molecule has 0 saturated carbocycles. The Morgan fingerprint density at radius 2 is 2.22 bits per heavy atom. The van der Waals surface area contributed by atoms with Gasteiger partial charge in [0.05, 0.1) is 6.42 Å². The second-order valence-electron chi connectivity index (χ2n) is 4.48. The fourth-order valence-corrected chi connectivity index (χ4v) is 2.00. The van der Waals surface area contributed by atoms with E-state index in [1.807, 2.05) is 18.2 Å². The Balaban J connectivity index is 1.79. The lowest BCUT2D eigenvalue weighted by atomic mass is 10.1. The van der Waals surface area contributed by atoms with Gasteiger partial charge >= 0.3 is 0 Å². The van der Waals surface area contributed by atoms with Gasteiger partial charge in [0, 0.05) is 24.7 Å². The van der Waals surface area contributed by atoms with E-state index >= 15 is 0 Å². The molecule has 1 saturated heterocycles. The Bertz CT molecular complexity index is 459. The molecule has 2 amide bonds. The molecule has 1 aromatic carbocycles. The van der Waals surface area contributed by atoms with Crippen LogP contribution >= 0.6 is 0 Å². The summed E-state index contributed by atoms with van der Waals surface area (Å²) in [6, 6.07) is 7.38. The summed E-state index contributed by atoms with van der Waals surface area (Å²) in [5, 5.41) is 5.62. The molecule has 96 valence electrons. The summed E-state index contributed by atoms with van der Waals surface area (Å²) >= 11 is 0. The number of para-hydroxylation sites is 1. The van der Waals surface area contributed by atoms with Gasteiger partial charge in [-0.2, -0.15) is 0 Å². The zero-order valence-corrected chi connectivity index (χ0v) is 10.1. The molecule has 5 heteroatoms. The second kappa shape index (κ2) is 5.53. The third kappa shape index (κ3) is 3.23. The third-order valence-electron chi connectivity index (χ3n) is 3.04. The van der Waals surface area contributed by atoms with Crippen molar-refractivity contribution in [3.05, 3.63) is 29.8 Å². The van der Waals surface area contributed by atoms with Gasteiger partial charge in [0.15, 0.2) is 0 Å². The van der Waals surface area contributed by atoms with Crippen LogP contribution in [0.15, 0.2) is 24.3 Å². The van der Waals surface area contributed by atoms with Gasteiger partial charge in [0.25, 0.3) is 0 Å². The molecule has 0 aromatic heterocycles. The summed E-state index contributed by atoms with van der Waals surface area (Å²) in [5.41, 5.74) is 7.22. The lowest BCUT2D eigenvalue weighted by Gasteiger charge is -2.11. The Hall–Kier alpha value is -2.04. The van der Waals surface area contributed by atoms with Crippen LogP contribution in [-0.2, 0) is 16.0 Å². The fraction of sp³-hybridized carbons (Fsp3) is 0.385. The molecule has 5 nitrogen and oxygen atoms in total. The van der Waals surface area contributed by atoms with Crippen LogP contribution < -0.4 is 16.4 Å². The van der Waals surface area contributed by atoms with Crippen molar-refractivity contribution in [2.24, 2.45) is 0 Å². The first-order valence-electron chi connectivity index (χ1n) is 6.04. The topological polar surface area (TPSA) is 84.2 Å². The highest BCUT2D eigenvalue weighted by Gasteiger charge is 2.20. The van der Waals surface area contributed by atoms with Crippen molar-refractivity contribution in [3.63, 3.8) is 0 Å². The van der Waals surface area contributed by atoms with E-state index in [0.717, 1.165) is 12.0 Å². The quantitative estimate of drug-likeness (QED) is 0.665. The molecule has 1 aromatic rings. The van der Waals surface area contributed by atoms with E-state index in [1.54, 1.807) is 6.07 Å². The van der Waals surface area contributed by atoms with Gasteiger partial charge < -0.3 is 16.4 Å². The van der Waals surface area contributed by atoms with Gasteiger partial charge in [0.1, 0.15) is 0 Å². The van der Waals surface area contributed by atoms with Crippen molar-refractivity contribution in [1.82, 2.24) is 10.6 Å². The zero-order chi connectivity index (χ0) is 13.0. The first-order chi connectivity index (χ1) is 8.65. The predicted molar refractivity (Wildman–Crippen MR) is 68.7 cm³/mol. The molecular weight excluding hydrogens is 230 g/mol. The Kier molecular flexibility index (Phi) is 3.82. The molecule has 0 bridgehead atoms. The molecule has 1 unspecified atom stereocenters. The first-order valence-corrected chi connectivity index (χ1v) is 6.04. The summed E-state index contributed by atoms with van der Waals surface area (Å²) < 4.78 is 0. The summed E-state index contributed by atoms with van der Waals surface area (Å²) in [6.45, 7) is 0.483. The van der Waals surface area contributed by atoms with E-state index in [-0.39, 0.29) is 24.3 Å². The largest absolute Gasteiger partial charge is 0.398 e. The van der Waals surface area contributed by atoms with E-state index in [9.17, 15) is 9.59 Å². The Morgan fingerprint density at radius 1 is 1.44 bits per heavy atom. The van der Waals surface area contributed by atoms with Gasteiger partial charge in [-0.1, -0.05) is 18.2 Å². The van der Waals surface area contributed by atoms with E-state index in [4.69, 9.17) is 5.73 Å². The predicted octanol–water partition coefficient (Wildman–Crippen LogP) is 0.206. The van der Waals surface area contributed by atoms with Crippen molar-refractivity contribution in [2.75, 3.05) is 12.3 Å². The van der Waals surface area contributed by atoms with Crippen LogP contribution in [0.5, 0.6) is 0 Å². The Labute approximate surface area is 106 Å². The van der Waals surface area contributed by atoms with Crippen LogP contribution in [0.4, 0.5) is 5.69 Å². The molecule has 1 fully saturated rings. The van der Waals surface area contributed by atoms with Crippen LogP contribution in [0.1, 0.15) is 18.4 Å².